The van der Waals surface area contributed by atoms with Crippen LogP contribution in [0.4, 0.5) is 0 Å². The summed E-state index contributed by atoms with van der Waals surface area (Å²) in [5, 5.41) is 4.91. The molecule has 0 aliphatic carbocycles. The third-order valence-corrected chi connectivity index (χ3v) is 6.12. The number of fused-ring (bicyclic) bond motifs is 1. The highest BCUT2D eigenvalue weighted by Crippen LogP contribution is 2.24. The Morgan fingerprint density at radius 1 is 1.19 bits per heavy atom. The second kappa shape index (κ2) is 9.18. The number of aromatic nitrogens is 3. The van der Waals surface area contributed by atoms with E-state index in [0.29, 0.717) is 19.6 Å². The lowest BCUT2D eigenvalue weighted by atomic mass is 9.94. The molecule has 31 heavy (non-hydrogen) atoms. The molecule has 0 saturated heterocycles. The van der Waals surface area contributed by atoms with Gasteiger partial charge in [0.25, 0.3) is 5.91 Å². The van der Waals surface area contributed by atoms with Crippen LogP contribution in [0.25, 0.3) is 6.08 Å². The summed E-state index contributed by atoms with van der Waals surface area (Å²) in [6.07, 6.45) is 9.09. The maximum Gasteiger partial charge on any atom is 0.271 e. The minimum atomic E-state index is -0.268. The van der Waals surface area contributed by atoms with E-state index in [2.05, 4.69) is 20.3 Å². The molecule has 4 heterocycles. The van der Waals surface area contributed by atoms with Gasteiger partial charge in [-0.15, -0.1) is 11.3 Å². The van der Waals surface area contributed by atoms with Gasteiger partial charge in [-0.05, 0) is 54.5 Å². The van der Waals surface area contributed by atoms with E-state index in [1.54, 1.807) is 23.6 Å². The van der Waals surface area contributed by atoms with Gasteiger partial charge in [-0.1, -0.05) is 6.07 Å². The largest absolute Gasteiger partial charge is 0.346 e. The SMILES string of the molecule is Cc1cnc(C(=O)NCc2c(C)ncc3c2CCN(C(=O)/C=C/c2cccs2)C3)cn1. The molecule has 0 saturated carbocycles. The van der Waals surface area contributed by atoms with Crippen molar-refractivity contribution in [2.75, 3.05) is 6.54 Å². The third-order valence-electron chi connectivity index (χ3n) is 5.28. The summed E-state index contributed by atoms with van der Waals surface area (Å²) in [7, 11) is 0. The number of carbonyl (C=O) groups excluding carboxylic acids is 2. The molecular weight excluding hydrogens is 410 g/mol. The predicted octanol–water partition coefficient (Wildman–Crippen LogP) is 3.08. The summed E-state index contributed by atoms with van der Waals surface area (Å²) >= 11 is 1.60. The highest BCUT2D eigenvalue weighted by Gasteiger charge is 2.23. The molecule has 0 fully saturated rings. The lowest BCUT2D eigenvalue weighted by Gasteiger charge is -2.29. The highest BCUT2D eigenvalue weighted by atomic mass is 32.1. The first-order chi connectivity index (χ1) is 15.0. The van der Waals surface area contributed by atoms with Crippen LogP contribution in [0.3, 0.4) is 0 Å². The Hall–Kier alpha value is -3.39. The molecule has 0 radical (unpaired) electrons. The Labute approximate surface area is 184 Å². The van der Waals surface area contributed by atoms with Gasteiger partial charge in [0, 0.05) is 48.7 Å². The van der Waals surface area contributed by atoms with E-state index in [0.717, 1.165) is 39.4 Å². The Balaban J connectivity index is 1.45. The van der Waals surface area contributed by atoms with Crippen LogP contribution in [0, 0.1) is 13.8 Å². The molecule has 0 bridgehead atoms. The maximum atomic E-state index is 12.6. The molecule has 0 unspecified atom stereocenters. The standard InChI is InChI=1S/C23H23N5O2S/c1-15-10-26-21(13-24-15)23(30)27-12-20-16(2)25-11-17-14-28(8-7-19(17)20)22(29)6-5-18-4-3-9-31-18/h3-6,9-11,13H,7-8,12,14H2,1-2H3,(H,27,30)/b6-5+. The zero-order valence-electron chi connectivity index (χ0n) is 17.5. The van der Waals surface area contributed by atoms with Crippen LogP contribution < -0.4 is 5.32 Å². The number of amides is 2. The Bertz CT molecular complexity index is 1120. The predicted molar refractivity (Wildman–Crippen MR) is 119 cm³/mol. The average molecular weight is 434 g/mol. The van der Waals surface area contributed by atoms with Gasteiger partial charge in [0.1, 0.15) is 5.69 Å². The van der Waals surface area contributed by atoms with Gasteiger partial charge >= 0.3 is 0 Å². The van der Waals surface area contributed by atoms with E-state index in [1.807, 2.05) is 48.5 Å². The van der Waals surface area contributed by atoms with Gasteiger partial charge in [-0.2, -0.15) is 0 Å². The minimum Gasteiger partial charge on any atom is -0.346 e. The molecule has 8 heteroatoms. The lowest BCUT2D eigenvalue weighted by molar-refractivity contribution is -0.126. The van der Waals surface area contributed by atoms with Crippen molar-refractivity contribution in [3.8, 4) is 0 Å². The minimum absolute atomic E-state index is 0.00702. The highest BCUT2D eigenvalue weighted by molar-refractivity contribution is 7.10. The monoisotopic (exact) mass is 433 g/mol. The first kappa shape index (κ1) is 20.9. The van der Waals surface area contributed by atoms with Crippen molar-refractivity contribution in [2.24, 2.45) is 0 Å². The fourth-order valence-electron chi connectivity index (χ4n) is 3.56. The molecule has 1 aliphatic heterocycles. The lowest BCUT2D eigenvalue weighted by Crippen LogP contribution is -2.36. The molecular formula is C23H23N5O2S. The van der Waals surface area contributed by atoms with Gasteiger partial charge in [-0.25, -0.2) is 4.98 Å². The summed E-state index contributed by atoms with van der Waals surface area (Å²) in [4.78, 5) is 40.7. The Morgan fingerprint density at radius 2 is 2.06 bits per heavy atom. The molecule has 4 rings (SSSR count). The van der Waals surface area contributed by atoms with Crippen molar-refractivity contribution in [2.45, 2.75) is 33.4 Å². The smallest absolute Gasteiger partial charge is 0.271 e. The van der Waals surface area contributed by atoms with Crippen LogP contribution in [0.5, 0.6) is 0 Å². The topological polar surface area (TPSA) is 88.1 Å². The van der Waals surface area contributed by atoms with Crippen molar-refractivity contribution in [3.05, 3.63) is 80.8 Å². The quantitative estimate of drug-likeness (QED) is 0.625. The molecule has 2 amide bonds. The maximum absolute atomic E-state index is 12.6. The molecule has 158 valence electrons. The first-order valence-electron chi connectivity index (χ1n) is 10.0. The molecule has 0 aromatic carbocycles. The molecule has 7 nitrogen and oxygen atoms in total. The van der Waals surface area contributed by atoms with Crippen LogP contribution in [-0.4, -0.2) is 38.2 Å². The number of thiophene rings is 1. The molecule has 0 spiro atoms. The second-order valence-corrected chi connectivity index (χ2v) is 8.39. The number of hydrogen-bond acceptors (Lipinski definition) is 6. The number of hydrogen-bond donors (Lipinski definition) is 1. The summed E-state index contributed by atoms with van der Waals surface area (Å²) in [5.41, 5.74) is 5.12. The van der Waals surface area contributed by atoms with Crippen LogP contribution in [0.2, 0.25) is 0 Å². The molecule has 0 atom stereocenters. The van der Waals surface area contributed by atoms with Crippen LogP contribution in [0.1, 0.15) is 43.4 Å². The van der Waals surface area contributed by atoms with Gasteiger partial charge < -0.3 is 10.2 Å². The molecule has 1 aliphatic rings. The number of nitrogens with one attached hydrogen (secondary N) is 1. The summed E-state index contributed by atoms with van der Waals surface area (Å²) in [6, 6.07) is 3.95. The average Bonchev–Trinajstić information content (AvgIpc) is 3.30. The van der Waals surface area contributed by atoms with Gasteiger partial charge in [-0.3, -0.25) is 19.6 Å². The van der Waals surface area contributed by atoms with Crippen LogP contribution in [0.15, 0.2) is 42.2 Å². The summed E-state index contributed by atoms with van der Waals surface area (Å²) in [6.45, 7) is 5.28. The zero-order valence-corrected chi connectivity index (χ0v) is 18.3. The fraction of sp³-hybridized carbons (Fsp3) is 0.261. The molecule has 1 N–H and O–H groups in total. The second-order valence-electron chi connectivity index (χ2n) is 7.41. The van der Waals surface area contributed by atoms with Gasteiger partial charge in [0.15, 0.2) is 0 Å². The number of aryl methyl sites for hydroxylation is 2. The van der Waals surface area contributed by atoms with E-state index in [4.69, 9.17) is 0 Å². The van der Waals surface area contributed by atoms with Crippen molar-refractivity contribution < 1.29 is 9.59 Å². The number of rotatable bonds is 5. The zero-order chi connectivity index (χ0) is 21.8. The van der Waals surface area contributed by atoms with Crippen molar-refractivity contribution in [1.29, 1.82) is 0 Å². The van der Waals surface area contributed by atoms with E-state index >= 15 is 0 Å². The first-order valence-corrected chi connectivity index (χ1v) is 10.9. The van der Waals surface area contributed by atoms with E-state index < -0.39 is 0 Å². The number of nitrogens with zero attached hydrogens (tertiary/aromatic N) is 4. The normalized spacial score (nSPS) is 13.3. The van der Waals surface area contributed by atoms with Crippen molar-refractivity contribution >= 4 is 29.2 Å². The van der Waals surface area contributed by atoms with Crippen molar-refractivity contribution in [3.63, 3.8) is 0 Å². The Morgan fingerprint density at radius 3 is 2.81 bits per heavy atom. The van der Waals surface area contributed by atoms with Crippen molar-refractivity contribution in [1.82, 2.24) is 25.2 Å². The van der Waals surface area contributed by atoms with E-state index in [9.17, 15) is 9.59 Å². The third kappa shape index (κ3) is 4.86. The molecule has 3 aromatic rings. The van der Waals surface area contributed by atoms with Crippen LogP contribution in [-0.2, 0) is 24.3 Å². The fourth-order valence-corrected chi connectivity index (χ4v) is 4.18. The van der Waals surface area contributed by atoms with Gasteiger partial charge in [0.05, 0.1) is 11.9 Å². The Kier molecular flexibility index (Phi) is 6.18. The number of pyridine rings is 1. The molecule has 3 aromatic heterocycles. The van der Waals surface area contributed by atoms with Gasteiger partial charge in [0.2, 0.25) is 5.91 Å². The number of carbonyl (C=O) groups is 2. The van der Waals surface area contributed by atoms with E-state index in [1.165, 1.54) is 6.20 Å². The summed E-state index contributed by atoms with van der Waals surface area (Å²) in [5.74, 6) is -0.275. The van der Waals surface area contributed by atoms with E-state index in [-0.39, 0.29) is 17.5 Å². The van der Waals surface area contributed by atoms with Crippen LogP contribution >= 0.6 is 11.3 Å². The summed E-state index contributed by atoms with van der Waals surface area (Å²) < 4.78 is 0.